The zero-order valence-electron chi connectivity index (χ0n) is 15.7. The molecule has 142 valence electrons. The Balaban J connectivity index is 2.04. The maximum absolute atomic E-state index is 11.7. The van der Waals surface area contributed by atoms with Gasteiger partial charge in [0.1, 0.15) is 0 Å². The molecule has 5 nitrogen and oxygen atoms in total. The number of nitrogens with one attached hydrogen (secondary N) is 2. The van der Waals surface area contributed by atoms with Gasteiger partial charge in [-0.05, 0) is 18.1 Å². The van der Waals surface area contributed by atoms with Gasteiger partial charge in [-0.2, -0.15) is 5.10 Å². The third-order valence-electron chi connectivity index (χ3n) is 3.89. The van der Waals surface area contributed by atoms with Crippen molar-refractivity contribution < 1.29 is 9.59 Å². The molecule has 2 amide bonds. The average molecular weight is 357 g/mol. The first-order valence-corrected chi connectivity index (χ1v) is 9.52. The van der Waals surface area contributed by atoms with E-state index in [0.717, 1.165) is 18.4 Å². The number of hydrogen-bond acceptors (Lipinski definition) is 3. The van der Waals surface area contributed by atoms with E-state index in [2.05, 4.69) is 22.8 Å². The molecule has 1 rings (SSSR count). The van der Waals surface area contributed by atoms with E-state index in [9.17, 15) is 9.59 Å². The molecule has 5 heteroatoms. The van der Waals surface area contributed by atoms with Crippen molar-refractivity contribution in [3.05, 3.63) is 42.0 Å². The van der Waals surface area contributed by atoms with Crippen molar-refractivity contribution in [1.82, 2.24) is 10.7 Å². The van der Waals surface area contributed by atoms with Crippen molar-refractivity contribution in [1.29, 1.82) is 0 Å². The van der Waals surface area contributed by atoms with E-state index in [1.807, 2.05) is 36.4 Å². The minimum absolute atomic E-state index is 0.0466. The number of nitrogens with zero attached hydrogens (tertiary/aromatic N) is 1. The fourth-order valence-corrected chi connectivity index (χ4v) is 2.42. The summed E-state index contributed by atoms with van der Waals surface area (Å²) in [6.07, 6.45) is 13.8. The van der Waals surface area contributed by atoms with Crippen LogP contribution >= 0.6 is 0 Å². The lowest BCUT2D eigenvalue weighted by Crippen LogP contribution is -2.34. The van der Waals surface area contributed by atoms with E-state index in [1.54, 1.807) is 6.08 Å². The topological polar surface area (TPSA) is 70.6 Å². The zero-order chi connectivity index (χ0) is 18.9. The number of carbonyl (C=O) groups excluding carboxylic acids is 2. The molecule has 0 aliphatic heterocycles. The highest BCUT2D eigenvalue weighted by Gasteiger charge is 2.04. The van der Waals surface area contributed by atoms with E-state index in [-0.39, 0.29) is 18.4 Å². The Bertz CT molecular complexity index is 568. The highest BCUT2D eigenvalue weighted by Crippen LogP contribution is 2.08. The van der Waals surface area contributed by atoms with Gasteiger partial charge in [0, 0.05) is 12.6 Å². The van der Waals surface area contributed by atoms with Crippen LogP contribution in [0.4, 0.5) is 0 Å². The van der Waals surface area contributed by atoms with Crippen LogP contribution in [0, 0.1) is 0 Å². The van der Waals surface area contributed by atoms with Gasteiger partial charge in [0.15, 0.2) is 0 Å². The summed E-state index contributed by atoms with van der Waals surface area (Å²) in [4.78, 5) is 23.3. The molecule has 0 spiro atoms. The molecule has 26 heavy (non-hydrogen) atoms. The summed E-state index contributed by atoms with van der Waals surface area (Å²) >= 11 is 0. The van der Waals surface area contributed by atoms with Crippen molar-refractivity contribution in [2.75, 3.05) is 6.54 Å². The molecular weight excluding hydrogens is 326 g/mol. The lowest BCUT2D eigenvalue weighted by molar-refractivity contribution is -0.126. The second-order valence-electron chi connectivity index (χ2n) is 6.23. The highest BCUT2D eigenvalue weighted by atomic mass is 16.2. The lowest BCUT2D eigenvalue weighted by atomic mass is 10.1. The Morgan fingerprint density at radius 3 is 2.38 bits per heavy atom. The maximum atomic E-state index is 11.7. The molecule has 1 aromatic rings. The van der Waals surface area contributed by atoms with Gasteiger partial charge in [0.25, 0.3) is 5.91 Å². The number of hydrazone groups is 1. The van der Waals surface area contributed by atoms with Crippen LogP contribution in [0.15, 0.2) is 41.5 Å². The van der Waals surface area contributed by atoms with Gasteiger partial charge in [-0.1, -0.05) is 81.9 Å². The van der Waals surface area contributed by atoms with Crippen LogP contribution in [-0.4, -0.2) is 24.6 Å². The Morgan fingerprint density at radius 2 is 1.65 bits per heavy atom. The van der Waals surface area contributed by atoms with Gasteiger partial charge in [0.2, 0.25) is 5.91 Å². The van der Waals surface area contributed by atoms with Gasteiger partial charge in [0.05, 0.1) is 6.54 Å². The molecule has 0 atom stereocenters. The van der Waals surface area contributed by atoms with Crippen molar-refractivity contribution >= 4 is 24.1 Å². The van der Waals surface area contributed by atoms with Gasteiger partial charge in [-0.25, -0.2) is 5.43 Å². The van der Waals surface area contributed by atoms with E-state index in [0.29, 0.717) is 6.42 Å². The van der Waals surface area contributed by atoms with Crippen LogP contribution in [0.2, 0.25) is 0 Å². The Labute approximate surface area is 157 Å². The Kier molecular flexibility index (Phi) is 12.4. The van der Waals surface area contributed by atoms with E-state index in [1.165, 1.54) is 38.3 Å². The van der Waals surface area contributed by atoms with E-state index in [4.69, 9.17) is 0 Å². The van der Waals surface area contributed by atoms with E-state index >= 15 is 0 Å². The van der Waals surface area contributed by atoms with Crippen LogP contribution in [0.3, 0.4) is 0 Å². The minimum atomic E-state index is -0.331. The summed E-state index contributed by atoms with van der Waals surface area (Å²) in [5, 5.41) is 6.43. The third kappa shape index (κ3) is 12.0. The summed E-state index contributed by atoms with van der Waals surface area (Å²) < 4.78 is 0. The summed E-state index contributed by atoms with van der Waals surface area (Å²) in [6.45, 7) is 2.16. The molecule has 0 radical (unpaired) electrons. The molecule has 1 aromatic carbocycles. The molecule has 0 aliphatic rings. The molecule has 0 bridgehead atoms. The largest absolute Gasteiger partial charge is 0.347 e. The number of allylic oxidation sites excluding steroid dienone is 1. The lowest BCUT2D eigenvalue weighted by Gasteiger charge is -2.04. The van der Waals surface area contributed by atoms with Gasteiger partial charge in [-0.3, -0.25) is 9.59 Å². The fraction of sp³-hybridized carbons (Fsp3) is 0.476. The van der Waals surface area contributed by atoms with Crippen LogP contribution in [0.5, 0.6) is 0 Å². The van der Waals surface area contributed by atoms with Gasteiger partial charge >= 0.3 is 0 Å². The molecule has 0 aromatic heterocycles. The molecule has 0 unspecified atom stereocenters. The second-order valence-corrected chi connectivity index (χ2v) is 6.23. The summed E-state index contributed by atoms with van der Waals surface area (Å²) in [5.41, 5.74) is 3.44. The molecule has 2 N–H and O–H groups in total. The predicted octanol–water partition coefficient (Wildman–Crippen LogP) is 4.06. The number of hydrogen-bond donors (Lipinski definition) is 2. The number of amides is 2. The van der Waals surface area contributed by atoms with Crippen molar-refractivity contribution in [3.63, 3.8) is 0 Å². The molecule has 0 fully saturated rings. The first-order chi connectivity index (χ1) is 12.7. The highest BCUT2D eigenvalue weighted by molar-refractivity contribution is 5.85. The Morgan fingerprint density at radius 1 is 0.962 bits per heavy atom. The molecular formula is C21H31N3O2. The Hall–Kier alpha value is -2.43. The molecule has 0 heterocycles. The number of unbranched alkanes of at least 4 members (excludes halogenated alkanes) is 6. The predicted molar refractivity (Wildman–Crippen MR) is 108 cm³/mol. The second kappa shape index (κ2) is 14.9. The summed E-state index contributed by atoms with van der Waals surface area (Å²) in [6, 6.07) is 9.81. The minimum Gasteiger partial charge on any atom is -0.347 e. The van der Waals surface area contributed by atoms with Crippen molar-refractivity contribution in [2.24, 2.45) is 5.10 Å². The fourth-order valence-electron chi connectivity index (χ4n) is 2.42. The van der Waals surface area contributed by atoms with E-state index < -0.39 is 0 Å². The quantitative estimate of drug-likeness (QED) is 0.317. The molecule has 0 aliphatic carbocycles. The maximum Gasteiger partial charge on any atom is 0.259 e. The van der Waals surface area contributed by atoms with Crippen LogP contribution in [0.25, 0.3) is 6.08 Å². The molecule has 0 saturated carbocycles. The monoisotopic (exact) mass is 357 g/mol. The van der Waals surface area contributed by atoms with Crippen LogP contribution in [-0.2, 0) is 9.59 Å². The number of benzene rings is 1. The van der Waals surface area contributed by atoms with Crippen molar-refractivity contribution in [3.8, 4) is 0 Å². The first kappa shape index (κ1) is 21.6. The SMILES string of the molecule is CCCCCCCCCC(=O)NCC(=O)NN=CC=Cc1ccccc1. The van der Waals surface area contributed by atoms with Crippen LogP contribution in [0.1, 0.15) is 63.9 Å². The standard InChI is InChI=1S/C21H31N3O2/c1-2-3-4-5-6-7-11-16-20(25)22-18-21(26)24-23-17-12-15-19-13-9-8-10-14-19/h8-10,12-15,17H,2-7,11,16,18H2,1H3,(H,22,25)(H,24,26). The van der Waals surface area contributed by atoms with Gasteiger partial charge < -0.3 is 5.32 Å². The third-order valence-corrected chi connectivity index (χ3v) is 3.89. The van der Waals surface area contributed by atoms with Crippen LogP contribution < -0.4 is 10.7 Å². The summed E-state index contributed by atoms with van der Waals surface area (Å²) in [5.74, 6) is -0.413. The number of rotatable bonds is 13. The normalized spacial score (nSPS) is 11.1. The summed E-state index contributed by atoms with van der Waals surface area (Å²) in [7, 11) is 0. The average Bonchev–Trinajstić information content (AvgIpc) is 2.66. The first-order valence-electron chi connectivity index (χ1n) is 9.52. The van der Waals surface area contributed by atoms with Crippen molar-refractivity contribution in [2.45, 2.75) is 58.3 Å². The molecule has 0 saturated heterocycles. The smallest absolute Gasteiger partial charge is 0.259 e. The zero-order valence-corrected chi connectivity index (χ0v) is 15.7. The number of carbonyl (C=O) groups is 2. The van der Waals surface area contributed by atoms with Gasteiger partial charge in [-0.15, -0.1) is 0 Å².